The number of aryl methyl sites for hydroxylation is 1. The van der Waals surface area contributed by atoms with Gasteiger partial charge in [0.25, 0.3) is 5.91 Å². The molecule has 0 saturated carbocycles. The SMILES string of the molecule is CCONC(=O)c1cc(C)nc2c1cnn2[C@H](C)CC. The molecular formula is C14H20N4O2. The van der Waals surface area contributed by atoms with Gasteiger partial charge in [-0.25, -0.2) is 15.1 Å². The summed E-state index contributed by atoms with van der Waals surface area (Å²) in [7, 11) is 0. The Labute approximate surface area is 118 Å². The van der Waals surface area contributed by atoms with Crippen molar-refractivity contribution >= 4 is 16.9 Å². The van der Waals surface area contributed by atoms with Crippen LogP contribution in [0.25, 0.3) is 11.0 Å². The lowest BCUT2D eigenvalue weighted by atomic mass is 10.1. The Balaban J connectivity index is 2.51. The van der Waals surface area contributed by atoms with Crippen LogP contribution in [0.4, 0.5) is 0 Å². The van der Waals surface area contributed by atoms with E-state index in [1.54, 1.807) is 12.3 Å². The molecule has 0 saturated heterocycles. The zero-order valence-corrected chi connectivity index (χ0v) is 12.3. The van der Waals surface area contributed by atoms with Gasteiger partial charge in [0.15, 0.2) is 5.65 Å². The molecule has 0 spiro atoms. The minimum absolute atomic E-state index is 0.240. The molecule has 6 heteroatoms. The number of hydroxylamine groups is 1. The normalized spacial score (nSPS) is 12.6. The first kappa shape index (κ1) is 14.5. The predicted octanol–water partition coefficient (Wildman–Crippen LogP) is 2.39. The molecule has 1 amide bonds. The number of fused-ring (bicyclic) bond motifs is 1. The Morgan fingerprint density at radius 3 is 2.90 bits per heavy atom. The van der Waals surface area contributed by atoms with Crippen molar-refractivity contribution in [2.45, 2.75) is 40.2 Å². The molecule has 0 aliphatic heterocycles. The molecule has 0 bridgehead atoms. The minimum Gasteiger partial charge on any atom is -0.274 e. The molecule has 6 nitrogen and oxygen atoms in total. The molecule has 2 aromatic rings. The molecule has 1 N–H and O–H groups in total. The number of aromatic nitrogens is 3. The number of carbonyl (C=O) groups excluding carboxylic acids is 1. The summed E-state index contributed by atoms with van der Waals surface area (Å²) in [5, 5.41) is 5.11. The summed E-state index contributed by atoms with van der Waals surface area (Å²) in [6.45, 7) is 8.28. The predicted molar refractivity (Wildman–Crippen MR) is 76.4 cm³/mol. The summed E-state index contributed by atoms with van der Waals surface area (Å²) < 4.78 is 1.86. The second-order valence-electron chi connectivity index (χ2n) is 4.76. The van der Waals surface area contributed by atoms with E-state index in [0.29, 0.717) is 12.2 Å². The maximum Gasteiger partial charge on any atom is 0.275 e. The molecule has 20 heavy (non-hydrogen) atoms. The van der Waals surface area contributed by atoms with Crippen LogP contribution in [0.5, 0.6) is 0 Å². The number of hydrogen-bond acceptors (Lipinski definition) is 4. The Morgan fingerprint density at radius 1 is 1.50 bits per heavy atom. The van der Waals surface area contributed by atoms with E-state index in [4.69, 9.17) is 4.84 Å². The number of hydrogen-bond donors (Lipinski definition) is 1. The molecule has 0 aliphatic rings. The maximum absolute atomic E-state index is 12.1. The van der Waals surface area contributed by atoms with Crippen LogP contribution in [-0.4, -0.2) is 27.3 Å². The third-order valence-electron chi connectivity index (χ3n) is 3.26. The van der Waals surface area contributed by atoms with Crippen molar-refractivity contribution in [3.8, 4) is 0 Å². The highest BCUT2D eigenvalue weighted by Gasteiger charge is 2.17. The van der Waals surface area contributed by atoms with Gasteiger partial charge in [0.05, 0.1) is 29.8 Å². The van der Waals surface area contributed by atoms with E-state index in [9.17, 15) is 4.79 Å². The monoisotopic (exact) mass is 276 g/mol. The van der Waals surface area contributed by atoms with Crippen molar-refractivity contribution in [3.05, 3.63) is 23.5 Å². The molecule has 0 radical (unpaired) electrons. The van der Waals surface area contributed by atoms with Crippen molar-refractivity contribution in [1.82, 2.24) is 20.2 Å². The second-order valence-corrected chi connectivity index (χ2v) is 4.76. The van der Waals surface area contributed by atoms with Crippen LogP contribution < -0.4 is 5.48 Å². The van der Waals surface area contributed by atoms with Crippen LogP contribution in [0.2, 0.25) is 0 Å². The van der Waals surface area contributed by atoms with Crippen molar-refractivity contribution in [2.75, 3.05) is 6.61 Å². The smallest absolute Gasteiger partial charge is 0.274 e. The Morgan fingerprint density at radius 2 is 2.25 bits per heavy atom. The van der Waals surface area contributed by atoms with Gasteiger partial charge in [-0.1, -0.05) is 6.92 Å². The van der Waals surface area contributed by atoms with Gasteiger partial charge in [0, 0.05) is 5.69 Å². The lowest BCUT2D eigenvalue weighted by Crippen LogP contribution is -2.24. The number of carbonyl (C=O) groups is 1. The minimum atomic E-state index is -0.272. The lowest BCUT2D eigenvalue weighted by Gasteiger charge is -2.11. The van der Waals surface area contributed by atoms with Gasteiger partial charge in [-0.05, 0) is 33.3 Å². The molecule has 2 aromatic heterocycles. The summed E-state index contributed by atoms with van der Waals surface area (Å²) in [6, 6.07) is 1.99. The number of nitrogens with one attached hydrogen (secondary N) is 1. The van der Waals surface area contributed by atoms with E-state index < -0.39 is 0 Å². The van der Waals surface area contributed by atoms with Crippen LogP contribution in [0.15, 0.2) is 12.3 Å². The van der Waals surface area contributed by atoms with Crippen molar-refractivity contribution < 1.29 is 9.63 Å². The number of rotatable bonds is 5. The summed E-state index contributed by atoms with van der Waals surface area (Å²) in [4.78, 5) is 21.6. The molecule has 0 aromatic carbocycles. The molecule has 0 unspecified atom stereocenters. The maximum atomic E-state index is 12.1. The zero-order valence-electron chi connectivity index (χ0n) is 12.3. The van der Waals surface area contributed by atoms with Crippen molar-refractivity contribution in [3.63, 3.8) is 0 Å². The summed E-state index contributed by atoms with van der Waals surface area (Å²) in [6.07, 6.45) is 2.64. The number of amides is 1. The van der Waals surface area contributed by atoms with Crippen LogP contribution >= 0.6 is 0 Å². The largest absolute Gasteiger partial charge is 0.275 e. The highest BCUT2D eigenvalue weighted by atomic mass is 16.6. The zero-order chi connectivity index (χ0) is 14.7. The quantitative estimate of drug-likeness (QED) is 0.851. The summed E-state index contributed by atoms with van der Waals surface area (Å²) >= 11 is 0. The average Bonchev–Trinajstić information content (AvgIpc) is 2.86. The van der Waals surface area contributed by atoms with E-state index in [-0.39, 0.29) is 11.9 Å². The lowest BCUT2D eigenvalue weighted by molar-refractivity contribution is 0.0366. The first-order chi connectivity index (χ1) is 9.58. The van der Waals surface area contributed by atoms with E-state index in [0.717, 1.165) is 23.1 Å². The van der Waals surface area contributed by atoms with Gasteiger partial charge in [0.1, 0.15) is 0 Å². The van der Waals surface area contributed by atoms with Gasteiger partial charge < -0.3 is 0 Å². The molecule has 0 aliphatic carbocycles. The average molecular weight is 276 g/mol. The Hall–Kier alpha value is -1.95. The molecule has 2 heterocycles. The van der Waals surface area contributed by atoms with E-state index in [1.807, 2.05) is 18.5 Å². The number of nitrogens with zero attached hydrogens (tertiary/aromatic N) is 3. The van der Waals surface area contributed by atoms with Gasteiger partial charge in [-0.2, -0.15) is 5.10 Å². The van der Waals surface area contributed by atoms with E-state index in [1.165, 1.54) is 0 Å². The van der Waals surface area contributed by atoms with Crippen molar-refractivity contribution in [1.29, 1.82) is 0 Å². The Bertz CT molecular complexity index is 621. The van der Waals surface area contributed by atoms with Crippen LogP contribution in [0.1, 0.15) is 49.3 Å². The van der Waals surface area contributed by atoms with Crippen LogP contribution in [-0.2, 0) is 4.84 Å². The highest BCUT2D eigenvalue weighted by molar-refractivity contribution is 6.05. The van der Waals surface area contributed by atoms with E-state index >= 15 is 0 Å². The van der Waals surface area contributed by atoms with Gasteiger partial charge in [-0.3, -0.25) is 9.63 Å². The highest BCUT2D eigenvalue weighted by Crippen LogP contribution is 2.22. The summed E-state index contributed by atoms with van der Waals surface area (Å²) in [5.41, 5.74) is 4.47. The van der Waals surface area contributed by atoms with Gasteiger partial charge in [-0.15, -0.1) is 0 Å². The fourth-order valence-electron chi connectivity index (χ4n) is 2.02. The molecule has 0 fully saturated rings. The molecule has 1 atom stereocenters. The number of pyridine rings is 1. The fourth-order valence-corrected chi connectivity index (χ4v) is 2.02. The van der Waals surface area contributed by atoms with Crippen LogP contribution in [0.3, 0.4) is 0 Å². The molecule has 2 rings (SSSR count). The van der Waals surface area contributed by atoms with Gasteiger partial charge >= 0.3 is 0 Å². The second kappa shape index (κ2) is 6.00. The topological polar surface area (TPSA) is 69.0 Å². The standard InChI is InChI=1S/C14H20N4O2/c1-5-10(4)18-13-12(8-15-18)11(7-9(3)16-13)14(19)17-20-6-2/h7-8,10H,5-6H2,1-4H3,(H,17,19)/t10-/m1/s1. The van der Waals surface area contributed by atoms with E-state index in [2.05, 4.69) is 29.4 Å². The summed E-state index contributed by atoms with van der Waals surface area (Å²) in [5.74, 6) is -0.272. The Kier molecular flexibility index (Phi) is 4.34. The first-order valence-corrected chi connectivity index (χ1v) is 6.85. The molecule has 108 valence electrons. The third-order valence-corrected chi connectivity index (χ3v) is 3.26. The first-order valence-electron chi connectivity index (χ1n) is 6.85. The molecular weight excluding hydrogens is 256 g/mol. The fraction of sp³-hybridized carbons (Fsp3) is 0.500. The van der Waals surface area contributed by atoms with Crippen LogP contribution in [0, 0.1) is 6.92 Å². The third kappa shape index (κ3) is 2.65. The van der Waals surface area contributed by atoms with Crippen molar-refractivity contribution in [2.24, 2.45) is 0 Å². The van der Waals surface area contributed by atoms with Gasteiger partial charge in [0.2, 0.25) is 0 Å².